The quantitative estimate of drug-likeness (QED) is 0.556. The third kappa shape index (κ3) is 3.56. The fourth-order valence-electron chi connectivity index (χ4n) is 4.36. The molecule has 0 bridgehead atoms. The molecule has 2 aromatic carbocycles. The highest BCUT2D eigenvalue weighted by atomic mass is 15.3. The van der Waals surface area contributed by atoms with Crippen LogP contribution in [0, 0.1) is 5.41 Å². The molecular formula is C25H36BN2. The maximum Gasteiger partial charge on any atom is 0.391 e. The van der Waals surface area contributed by atoms with Crippen LogP contribution in [0.15, 0.2) is 48.5 Å². The van der Waals surface area contributed by atoms with Gasteiger partial charge in [0.15, 0.2) is 0 Å². The summed E-state index contributed by atoms with van der Waals surface area (Å²) in [5.41, 5.74) is 5.61. The molecule has 1 radical (unpaired) electrons. The molecule has 0 aliphatic carbocycles. The fraction of sp³-hybridized carbons (Fsp3) is 0.520. The number of rotatable bonds is 4. The van der Waals surface area contributed by atoms with E-state index in [0.29, 0.717) is 23.9 Å². The minimum Gasteiger partial charge on any atom is -0.396 e. The molecule has 1 aliphatic rings. The molecule has 0 N–H and O–H groups in total. The lowest BCUT2D eigenvalue weighted by molar-refractivity contribution is 0.241. The van der Waals surface area contributed by atoms with Crippen LogP contribution in [-0.4, -0.2) is 19.6 Å². The number of benzene rings is 2. The van der Waals surface area contributed by atoms with Gasteiger partial charge in [0, 0.05) is 28.9 Å². The molecule has 1 fully saturated rings. The summed E-state index contributed by atoms with van der Waals surface area (Å²) in [7, 11) is 2.36. The average molecular weight is 375 g/mol. The van der Waals surface area contributed by atoms with Crippen LogP contribution in [0.3, 0.4) is 0 Å². The smallest absolute Gasteiger partial charge is 0.391 e. The van der Waals surface area contributed by atoms with Crippen LogP contribution < -0.4 is 9.62 Å². The van der Waals surface area contributed by atoms with Gasteiger partial charge in [0.25, 0.3) is 0 Å². The van der Waals surface area contributed by atoms with E-state index in [1.54, 1.807) is 0 Å². The maximum absolute atomic E-state index is 2.51. The second kappa shape index (κ2) is 7.85. The predicted molar refractivity (Wildman–Crippen MR) is 124 cm³/mol. The van der Waals surface area contributed by atoms with E-state index in [9.17, 15) is 0 Å². The van der Waals surface area contributed by atoms with E-state index in [1.807, 2.05) is 0 Å². The monoisotopic (exact) mass is 375 g/mol. The molecule has 0 unspecified atom stereocenters. The first kappa shape index (κ1) is 20.8. The summed E-state index contributed by atoms with van der Waals surface area (Å²) < 4.78 is 0. The molecule has 0 amide bonds. The molecular weight excluding hydrogens is 339 g/mol. The number of hydrogen-bond acceptors (Lipinski definition) is 2. The molecule has 0 spiro atoms. The van der Waals surface area contributed by atoms with E-state index in [0.717, 1.165) is 0 Å². The van der Waals surface area contributed by atoms with Gasteiger partial charge >= 0.3 is 7.55 Å². The third-order valence-electron chi connectivity index (χ3n) is 6.91. The van der Waals surface area contributed by atoms with Gasteiger partial charge < -0.3 is 9.62 Å². The summed E-state index contributed by atoms with van der Waals surface area (Å²) in [6, 6.07) is 18.6. The number of anilines is 2. The van der Waals surface area contributed by atoms with Crippen LogP contribution in [0.2, 0.25) is 0 Å². The Morgan fingerprint density at radius 1 is 0.714 bits per heavy atom. The van der Waals surface area contributed by atoms with Crippen LogP contribution in [0.25, 0.3) is 0 Å². The first-order valence-corrected chi connectivity index (χ1v) is 10.8. The minimum atomic E-state index is 0.128. The molecule has 1 aliphatic heterocycles. The van der Waals surface area contributed by atoms with Crippen molar-refractivity contribution in [1.82, 2.24) is 0 Å². The zero-order valence-electron chi connectivity index (χ0n) is 18.9. The summed E-state index contributed by atoms with van der Waals surface area (Å²) in [5.74, 6) is 0.992. The Hall–Kier alpha value is -1.90. The molecule has 28 heavy (non-hydrogen) atoms. The van der Waals surface area contributed by atoms with Gasteiger partial charge in [0.1, 0.15) is 0 Å². The lowest BCUT2D eigenvalue weighted by Gasteiger charge is -2.56. The van der Waals surface area contributed by atoms with E-state index in [4.69, 9.17) is 0 Å². The number of hydrogen-bond donors (Lipinski definition) is 0. The highest BCUT2D eigenvalue weighted by Gasteiger charge is 2.45. The van der Waals surface area contributed by atoms with Gasteiger partial charge in [-0.1, -0.05) is 77.9 Å². The van der Waals surface area contributed by atoms with Crippen LogP contribution in [0.1, 0.15) is 78.4 Å². The highest BCUT2D eigenvalue weighted by Crippen LogP contribution is 2.43. The molecule has 0 aromatic heterocycles. The van der Waals surface area contributed by atoms with E-state index >= 15 is 0 Å². The second-order valence-electron chi connectivity index (χ2n) is 9.53. The Morgan fingerprint density at radius 3 is 1.43 bits per heavy atom. The van der Waals surface area contributed by atoms with Crippen LogP contribution in [0.4, 0.5) is 11.4 Å². The normalized spacial score (nSPS) is 21.9. The van der Waals surface area contributed by atoms with Gasteiger partial charge in [-0.3, -0.25) is 0 Å². The Labute approximate surface area is 173 Å². The van der Waals surface area contributed by atoms with Crippen molar-refractivity contribution in [3.8, 4) is 0 Å². The lowest BCUT2D eigenvalue weighted by Crippen LogP contribution is -2.66. The molecule has 2 atom stereocenters. The van der Waals surface area contributed by atoms with Gasteiger partial charge in [0.2, 0.25) is 0 Å². The topological polar surface area (TPSA) is 6.48 Å². The van der Waals surface area contributed by atoms with Crippen LogP contribution in [-0.2, 0) is 0 Å². The SMILES string of the molecule is CC(C)c1ccccc1N1[B]N(c2ccccc2C(C)C)[C@@H](C)C(C)(C)[C@@H]1C. The van der Waals surface area contributed by atoms with Crippen molar-refractivity contribution < 1.29 is 0 Å². The van der Waals surface area contributed by atoms with Crippen molar-refractivity contribution in [1.29, 1.82) is 0 Å². The summed E-state index contributed by atoms with van der Waals surface area (Å²) in [4.78, 5) is 5.01. The Kier molecular flexibility index (Phi) is 5.84. The van der Waals surface area contributed by atoms with Crippen LogP contribution in [0.5, 0.6) is 0 Å². The average Bonchev–Trinajstić information content (AvgIpc) is 2.67. The van der Waals surface area contributed by atoms with Crippen molar-refractivity contribution in [3.05, 3.63) is 59.7 Å². The molecule has 2 aromatic rings. The lowest BCUT2D eigenvalue weighted by atomic mass is 9.69. The Bertz CT molecular complexity index is 746. The fourth-order valence-corrected chi connectivity index (χ4v) is 4.36. The molecule has 2 nitrogen and oxygen atoms in total. The zero-order chi connectivity index (χ0) is 20.6. The van der Waals surface area contributed by atoms with Crippen molar-refractivity contribution in [3.63, 3.8) is 0 Å². The molecule has 149 valence electrons. The third-order valence-corrected chi connectivity index (χ3v) is 6.91. The predicted octanol–water partition coefficient (Wildman–Crippen LogP) is 6.60. The first-order chi connectivity index (χ1) is 13.2. The first-order valence-electron chi connectivity index (χ1n) is 10.8. The molecule has 3 heteroatoms. The van der Waals surface area contributed by atoms with E-state index in [2.05, 4.69) is 121 Å². The maximum atomic E-state index is 2.51. The van der Waals surface area contributed by atoms with E-state index < -0.39 is 0 Å². The van der Waals surface area contributed by atoms with Gasteiger partial charge in [-0.15, -0.1) is 0 Å². The van der Waals surface area contributed by atoms with Gasteiger partial charge in [-0.2, -0.15) is 0 Å². The van der Waals surface area contributed by atoms with Crippen molar-refractivity contribution in [2.75, 3.05) is 9.62 Å². The molecule has 3 rings (SSSR count). The molecule has 1 saturated heterocycles. The van der Waals surface area contributed by atoms with Gasteiger partial charge in [-0.25, -0.2) is 0 Å². The van der Waals surface area contributed by atoms with Crippen molar-refractivity contribution in [2.24, 2.45) is 5.41 Å². The van der Waals surface area contributed by atoms with Crippen LogP contribution >= 0.6 is 0 Å². The van der Waals surface area contributed by atoms with Crippen molar-refractivity contribution >= 4 is 18.9 Å². The highest BCUT2D eigenvalue weighted by molar-refractivity contribution is 6.48. The summed E-state index contributed by atoms with van der Waals surface area (Å²) in [6.07, 6.45) is 0. The zero-order valence-corrected chi connectivity index (χ0v) is 18.9. The minimum absolute atomic E-state index is 0.128. The largest absolute Gasteiger partial charge is 0.396 e. The standard InChI is InChI=1S/C25H36BN2/c1-17(2)21-13-9-11-15-23(21)27-19(5)25(7,8)20(6)28(26-27)24-16-12-10-14-22(24)18(3)4/h9-20H,1-8H3/t19-,20-/m0/s1. The Balaban J connectivity index is 2.10. The van der Waals surface area contributed by atoms with Gasteiger partial charge in [0.05, 0.1) is 0 Å². The van der Waals surface area contributed by atoms with E-state index in [-0.39, 0.29) is 5.41 Å². The number of nitrogens with zero attached hydrogens (tertiary/aromatic N) is 2. The number of para-hydroxylation sites is 2. The Morgan fingerprint density at radius 2 is 1.07 bits per heavy atom. The van der Waals surface area contributed by atoms with Gasteiger partial charge in [-0.05, 0) is 48.9 Å². The van der Waals surface area contributed by atoms with E-state index in [1.165, 1.54) is 22.5 Å². The molecule has 0 saturated carbocycles. The van der Waals surface area contributed by atoms with Crippen molar-refractivity contribution in [2.45, 2.75) is 79.3 Å². The second-order valence-corrected chi connectivity index (χ2v) is 9.53. The summed E-state index contributed by atoms with van der Waals surface area (Å²) >= 11 is 0. The molecule has 1 heterocycles. The summed E-state index contributed by atoms with van der Waals surface area (Å²) in [5, 5.41) is 0. The summed E-state index contributed by atoms with van der Waals surface area (Å²) in [6.45, 7) is 18.7.